The van der Waals surface area contributed by atoms with Gasteiger partial charge in [0.15, 0.2) is 23.1 Å². The Morgan fingerprint density at radius 3 is 1.93 bits per heavy atom. The maximum atomic E-state index is 14.3. The highest BCUT2D eigenvalue weighted by molar-refractivity contribution is 6.32. The van der Waals surface area contributed by atoms with Gasteiger partial charge in [-0.2, -0.15) is 0 Å². The van der Waals surface area contributed by atoms with Crippen LogP contribution in [0.15, 0.2) is 89.3 Å². The Hall–Kier alpha value is -3.54. The predicted octanol–water partition coefficient (Wildman–Crippen LogP) is 9.86. The third-order valence-corrected chi connectivity index (χ3v) is 9.85. The molecule has 0 amide bonds. The van der Waals surface area contributed by atoms with Gasteiger partial charge in [-0.05, 0) is 59.9 Å². The van der Waals surface area contributed by atoms with Gasteiger partial charge in [0.1, 0.15) is 6.61 Å². The van der Waals surface area contributed by atoms with Gasteiger partial charge in [-0.15, -0.1) is 0 Å². The molecule has 0 bridgehead atoms. The lowest BCUT2D eigenvalue weighted by atomic mass is 9.63. The number of carbonyl (C=O) groups excluding carboxylic acids is 2. The number of ketones is 2. The SMILES string of the molecule is CCOc1cc(C2C3=C(CC(C)(C)CC3=O)N(Cc3ccccc3)C3=C2C(=O)CC(C)(C)C3)cc(Cl)c1OCc1ccccc1Cl. The van der Waals surface area contributed by atoms with E-state index in [9.17, 15) is 9.59 Å². The molecule has 1 heterocycles. The van der Waals surface area contributed by atoms with Crippen molar-refractivity contribution < 1.29 is 19.1 Å². The Bertz CT molecular complexity index is 1700. The molecule has 7 heteroatoms. The maximum absolute atomic E-state index is 14.3. The zero-order valence-electron chi connectivity index (χ0n) is 27.2. The molecule has 2 aliphatic carbocycles. The van der Waals surface area contributed by atoms with Crippen molar-refractivity contribution >= 4 is 34.8 Å². The molecule has 0 saturated heterocycles. The molecule has 46 heavy (non-hydrogen) atoms. The molecule has 0 fully saturated rings. The number of carbonyl (C=O) groups is 2. The van der Waals surface area contributed by atoms with Gasteiger partial charge in [-0.1, -0.05) is 99.4 Å². The van der Waals surface area contributed by atoms with Crippen LogP contribution in [0.25, 0.3) is 0 Å². The molecular formula is C39H41Cl2NO4. The number of ether oxygens (including phenoxy) is 2. The highest BCUT2D eigenvalue weighted by Crippen LogP contribution is 2.56. The third kappa shape index (κ3) is 6.37. The molecule has 0 radical (unpaired) electrons. The molecule has 0 atom stereocenters. The predicted molar refractivity (Wildman–Crippen MR) is 183 cm³/mol. The van der Waals surface area contributed by atoms with E-state index in [0.717, 1.165) is 40.9 Å². The number of rotatable bonds is 8. The molecule has 0 N–H and O–H groups in total. The summed E-state index contributed by atoms with van der Waals surface area (Å²) in [7, 11) is 0. The van der Waals surface area contributed by atoms with E-state index in [0.29, 0.717) is 58.7 Å². The second kappa shape index (κ2) is 12.6. The molecule has 3 aliphatic rings. The van der Waals surface area contributed by atoms with Crippen molar-refractivity contribution in [2.75, 3.05) is 6.61 Å². The van der Waals surface area contributed by atoms with Gasteiger partial charge >= 0.3 is 0 Å². The Balaban J connectivity index is 1.52. The van der Waals surface area contributed by atoms with Gasteiger partial charge in [0, 0.05) is 58.4 Å². The summed E-state index contributed by atoms with van der Waals surface area (Å²) in [6, 6.07) is 21.5. The zero-order valence-corrected chi connectivity index (χ0v) is 28.7. The highest BCUT2D eigenvalue weighted by atomic mass is 35.5. The van der Waals surface area contributed by atoms with Crippen LogP contribution in [0.2, 0.25) is 10.0 Å². The summed E-state index contributed by atoms with van der Waals surface area (Å²) in [5, 5.41) is 0.961. The summed E-state index contributed by atoms with van der Waals surface area (Å²) in [6.45, 7) is 11.7. The molecule has 0 aromatic heterocycles. The van der Waals surface area contributed by atoms with Crippen molar-refractivity contribution in [3.63, 3.8) is 0 Å². The second-order valence-electron chi connectivity index (χ2n) is 14.3. The van der Waals surface area contributed by atoms with Crippen LogP contribution in [0.1, 0.15) is 82.9 Å². The average Bonchev–Trinajstić information content (AvgIpc) is 2.97. The lowest BCUT2D eigenvalue weighted by Crippen LogP contribution is -2.44. The topological polar surface area (TPSA) is 55.8 Å². The van der Waals surface area contributed by atoms with Gasteiger partial charge in [-0.3, -0.25) is 9.59 Å². The smallest absolute Gasteiger partial charge is 0.180 e. The van der Waals surface area contributed by atoms with Crippen LogP contribution >= 0.6 is 23.2 Å². The highest BCUT2D eigenvalue weighted by Gasteiger charge is 2.49. The van der Waals surface area contributed by atoms with E-state index in [1.54, 1.807) is 0 Å². The van der Waals surface area contributed by atoms with Crippen LogP contribution in [0.5, 0.6) is 11.5 Å². The number of hydrogen-bond acceptors (Lipinski definition) is 5. The summed E-state index contributed by atoms with van der Waals surface area (Å²) in [6.07, 6.45) is 2.28. The summed E-state index contributed by atoms with van der Waals surface area (Å²) in [4.78, 5) is 30.8. The normalized spacial score (nSPS) is 19.2. The molecule has 0 spiro atoms. The first-order chi connectivity index (χ1) is 21.9. The first kappa shape index (κ1) is 32.4. The molecule has 0 saturated carbocycles. The molecular weight excluding hydrogens is 617 g/mol. The quantitative estimate of drug-likeness (QED) is 0.241. The second-order valence-corrected chi connectivity index (χ2v) is 15.1. The van der Waals surface area contributed by atoms with E-state index in [1.165, 1.54) is 0 Å². The number of hydrogen-bond donors (Lipinski definition) is 0. The monoisotopic (exact) mass is 657 g/mol. The van der Waals surface area contributed by atoms with Crippen molar-refractivity contribution in [1.29, 1.82) is 0 Å². The lowest BCUT2D eigenvalue weighted by Gasteiger charge is -2.49. The molecule has 3 aromatic carbocycles. The summed E-state index contributed by atoms with van der Waals surface area (Å²) in [5.74, 6) is 0.487. The number of benzene rings is 3. The Labute approximate surface area is 282 Å². The molecule has 240 valence electrons. The third-order valence-electron chi connectivity index (χ3n) is 9.20. The van der Waals surface area contributed by atoms with Crippen LogP contribution in [-0.2, 0) is 22.7 Å². The van der Waals surface area contributed by atoms with Crippen LogP contribution in [0, 0.1) is 10.8 Å². The van der Waals surface area contributed by atoms with Crippen LogP contribution in [0.3, 0.4) is 0 Å². The van der Waals surface area contributed by atoms with E-state index in [-0.39, 0.29) is 29.0 Å². The fourth-order valence-corrected chi connectivity index (χ4v) is 7.72. The van der Waals surface area contributed by atoms with Gasteiger partial charge in [0.25, 0.3) is 0 Å². The van der Waals surface area contributed by atoms with Gasteiger partial charge < -0.3 is 14.4 Å². The molecule has 1 aliphatic heterocycles. The minimum absolute atomic E-state index is 0.0756. The van der Waals surface area contributed by atoms with Gasteiger partial charge in [-0.25, -0.2) is 0 Å². The van der Waals surface area contributed by atoms with Crippen LogP contribution in [-0.4, -0.2) is 23.1 Å². The Morgan fingerprint density at radius 2 is 1.35 bits per heavy atom. The number of Topliss-reactive ketones (excluding diaryl/α,β-unsaturated/α-hetero) is 2. The first-order valence-corrected chi connectivity index (χ1v) is 16.8. The number of nitrogens with zero attached hydrogens (tertiary/aromatic N) is 1. The first-order valence-electron chi connectivity index (χ1n) is 16.0. The Kier molecular flexibility index (Phi) is 8.86. The molecule has 5 nitrogen and oxygen atoms in total. The van der Waals surface area contributed by atoms with Gasteiger partial charge in [0.2, 0.25) is 0 Å². The average molecular weight is 659 g/mol. The van der Waals surface area contributed by atoms with Crippen molar-refractivity contribution in [2.45, 2.75) is 79.4 Å². The fourth-order valence-electron chi connectivity index (χ4n) is 7.26. The number of allylic oxidation sites excluding steroid dienone is 4. The summed E-state index contributed by atoms with van der Waals surface area (Å²) in [5.41, 5.74) is 5.70. The van der Waals surface area contributed by atoms with Crippen molar-refractivity contribution in [3.05, 3.63) is 116 Å². The van der Waals surface area contributed by atoms with E-state index in [1.807, 2.05) is 61.5 Å². The fraction of sp³-hybridized carbons (Fsp3) is 0.385. The number of halogens is 2. The maximum Gasteiger partial charge on any atom is 0.180 e. The summed E-state index contributed by atoms with van der Waals surface area (Å²) < 4.78 is 12.3. The van der Waals surface area contributed by atoms with E-state index >= 15 is 0 Å². The largest absolute Gasteiger partial charge is 0.490 e. The van der Waals surface area contributed by atoms with Crippen LogP contribution < -0.4 is 9.47 Å². The van der Waals surface area contributed by atoms with Crippen molar-refractivity contribution in [1.82, 2.24) is 4.90 Å². The molecule has 0 unspecified atom stereocenters. The Morgan fingerprint density at radius 1 is 0.761 bits per heavy atom. The van der Waals surface area contributed by atoms with E-state index in [2.05, 4.69) is 44.7 Å². The molecule has 6 rings (SSSR count). The summed E-state index contributed by atoms with van der Waals surface area (Å²) >= 11 is 13.4. The molecule has 3 aromatic rings. The zero-order chi connectivity index (χ0) is 32.8. The lowest BCUT2D eigenvalue weighted by molar-refractivity contribution is -0.119. The van der Waals surface area contributed by atoms with Crippen molar-refractivity contribution in [3.8, 4) is 11.5 Å². The van der Waals surface area contributed by atoms with Crippen LogP contribution in [0.4, 0.5) is 0 Å². The van der Waals surface area contributed by atoms with Crippen molar-refractivity contribution in [2.24, 2.45) is 10.8 Å². The van der Waals surface area contributed by atoms with E-state index in [4.69, 9.17) is 32.7 Å². The minimum Gasteiger partial charge on any atom is -0.490 e. The standard InChI is InChI=1S/C39H41Cl2NO4/c1-6-45-33-17-26(16-28(41)37(33)46-23-25-14-10-11-15-27(25)40)34-35-29(18-38(2,3)20-31(35)43)42(22-24-12-8-7-9-13-24)30-19-39(4,5)21-32(44)36(30)34/h7-17,34H,6,18-23H2,1-5H3. The van der Waals surface area contributed by atoms with E-state index < -0.39 is 5.92 Å². The van der Waals surface area contributed by atoms with Gasteiger partial charge in [0.05, 0.1) is 11.6 Å². The minimum atomic E-state index is -0.543.